The van der Waals surface area contributed by atoms with E-state index in [0.717, 1.165) is 0 Å². The molecule has 0 N–H and O–H groups in total. The van der Waals surface area contributed by atoms with Crippen molar-refractivity contribution >= 4 is 28.7 Å². The van der Waals surface area contributed by atoms with Gasteiger partial charge in [0.15, 0.2) is 0 Å². The van der Waals surface area contributed by atoms with Crippen LogP contribution >= 0.6 is 0 Å². The summed E-state index contributed by atoms with van der Waals surface area (Å²) in [6.45, 7) is 2.19. The number of hydrogen-bond donors (Lipinski definition) is 0. The van der Waals surface area contributed by atoms with Crippen LogP contribution in [-0.4, -0.2) is 14.5 Å². The molecule has 4 rings (SSSR count). The van der Waals surface area contributed by atoms with Crippen molar-refractivity contribution in [1.29, 1.82) is 0 Å². The summed E-state index contributed by atoms with van der Waals surface area (Å²) >= 11 is 0.383. The van der Waals surface area contributed by atoms with Crippen molar-refractivity contribution in [2.24, 2.45) is 0 Å². The molecule has 0 saturated carbocycles. The second-order valence-electron chi connectivity index (χ2n) is 4.96. The van der Waals surface area contributed by atoms with Crippen molar-refractivity contribution in [1.82, 2.24) is 0 Å². The van der Waals surface area contributed by atoms with E-state index >= 15 is 0 Å². The number of rotatable bonds is 1. The van der Waals surface area contributed by atoms with Gasteiger partial charge in [-0.15, -0.1) is 0 Å². The van der Waals surface area contributed by atoms with Crippen LogP contribution in [0.25, 0.3) is 25.3 Å². The maximum atomic E-state index is 2.43. The Morgan fingerprint density at radius 3 is 2.33 bits per heavy atom. The van der Waals surface area contributed by atoms with E-state index in [2.05, 4.69) is 78.1 Å². The van der Waals surface area contributed by atoms with Gasteiger partial charge in [-0.3, -0.25) is 0 Å². The van der Waals surface area contributed by atoms with Crippen molar-refractivity contribution in [3.05, 3.63) is 72.4 Å². The fourth-order valence-electron chi connectivity index (χ4n) is 2.70. The molecule has 0 fully saturated rings. The normalized spacial score (nSPS) is 10.7. The Morgan fingerprint density at radius 1 is 0.810 bits per heavy atom. The molecule has 0 aliphatic heterocycles. The van der Waals surface area contributed by atoms with E-state index < -0.39 is 0 Å². The van der Waals surface area contributed by atoms with Gasteiger partial charge in [0.25, 0.3) is 0 Å². The molecule has 0 bridgehead atoms. The van der Waals surface area contributed by atoms with Crippen LogP contribution in [0.2, 0.25) is 0 Å². The molecule has 104 valence electrons. The summed E-state index contributed by atoms with van der Waals surface area (Å²) in [5.74, 6) is 0. The Hall–Kier alpha value is -1.41. The van der Waals surface area contributed by atoms with E-state index in [1.165, 1.54) is 31.0 Å². The fourth-order valence-corrected chi connectivity index (χ4v) is 5.32. The van der Waals surface area contributed by atoms with Crippen molar-refractivity contribution in [3.8, 4) is 11.1 Å². The summed E-state index contributed by atoms with van der Waals surface area (Å²) in [5, 5.41) is 0. The number of aryl methyl sites for hydroxylation is 1. The van der Waals surface area contributed by atoms with Gasteiger partial charge in [0.2, 0.25) is 0 Å². The van der Waals surface area contributed by atoms with Crippen molar-refractivity contribution in [2.45, 2.75) is 6.92 Å². The molecule has 0 saturated heterocycles. The zero-order chi connectivity index (χ0) is 13.5. The van der Waals surface area contributed by atoms with Gasteiger partial charge in [-0.05, 0) is 0 Å². The van der Waals surface area contributed by atoms with Crippen molar-refractivity contribution in [2.75, 3.05) is 0 Å². The molecule has 0 amide bonds. The molecule has 4 aromatic rings. The molecule has 2 aromatic heterocycles. The first kappa shape index (κ1) is 14.5. The number of fused-ring (bicyclic) bond motifs is 3. The van der Waals surface area contributed by atoms with E-state index in [1.54, 1.807) is 0 Å². The minimum Gasteiger partial charge on any atom is -1.00 e. The molecular formula is C18H14BrNSe. The van der Waals surface area contributed by atoms with Crippen LogP contribution in [0.5, 0.6) is 0 Å². The monoisotopic (exact) mass is 403 g/mol. The van der Waals surface area contributed by atoms with Gasteiger partial charge in [0, 0.05) is 0 Å². The predicted octanol–water partition coefficient (Wildman–Crippen LogP) is 0.615. The average Bonchev–Trinajstić information content (AvgIpc) is 2.88. The number of benzene rings is 2. The maximum Gasteiger partial charge on any atom is -1.00 e. The molecule has 0 spiro atoms. The van der Waals surface area contributed by atoms with Gasteiger partial charge < -0.3 is 17.0 Å². The van der Waals surface area contributed by atoms with Crippen molar-refractivity contribution in [3.63, 3.8) is 0 Å². The molecule has 0 aliphatic carbocycles. The van der Waals surface area contributed by atoms with E-state index in [4.69, 9.17) is 0 Å². The molecule has 0 unspecified atom stereocenters. The van der Waals surface area contributed by atoms with E-state index in [9.17, 15) is 0 Å². The van der Waals surface area contributed by atoms with Crippen LogP contribution in [0, 0.1) is 6.92 Å². The third-order valence-corrected chi connectivity index (χ3v) is 6.11. The molecule has 21 heavy (non-hydrogen) atoms. The third-order valence-electron chi connectivity index (χ3n) is 3.67. The van der Waals surface area contributed by atoms with Gasteiger partial charge in [0.1, 0.15) is 0 Å². The summed E-state index contributed by atoms with van der Waals surface area (Å²) in [7, 11) is 0. The quantitative estimate of drug-likeness (QED) is 0.324. The van der Waals surface area contributed by atoms with Crippen LogP contribution < -0.4 is 21.4 Å². The number of hydrogen-bond acceptors (Lipinski definition) is 0. The summed E-state index contributed by atoms with van der Waals surface area (Å²) in [4.78, 5) is 0. The molecular weight excluding hydrogens is 389 g/mol. The molecule has 1 nitrogen and oxygen atoms in total. The van der Waals surface area contributed by atoms with Crippen LogP contribution in [0.1, 0.15) is 5.69 Å². The van der Waals surface area contributed by atoms with Crippen molar-refractivity contribution < 1.29 is 21.4 Å². The first-order valence-corrected chi connectivity index (χ1v) is 8.44. The second kappa shape index (κ2) is 5.76. The summed E-state index contributed by atoms with van der Waals surface area (Å²) in [6.07, 6.45) is 0. The zero-order valence-electron chi connectivity index (χ0n) is 11.6. The van der Waals surface area contributed by atoms with Gasteiger partial charge in [-0.1, -0.05) is 0 Å². The second-order valence-corrected chi connectivity index (χ2v) is 7.13. The third kappa shape index (κ3) is 2.36. The first-order valence-electron chi connectivity index (χ1n) is 6.73. The fraction of sp³-hybridized carbons (Fsp3) is 0.0556. The average molecular weight is 403 g/mol. The molecule has 0 radical (unpaired) electrons. The Kier molecular flexibility index (Phi) is 3.99. The van der Waals surface area contributed by atoms with Crippen LogP contribution in [0.3, 0.4) is 0 Å². The molecule has 2 aromatic carbocycles. The topological polar surface area (TPSA) is 4.10 Å². The Balaban J connectivity index is 0.00000132. The standard InChI is InChI=1S/C18H14NSe.BrH/c1-13-11-12-15(14-7-3-2-4-8-14)18-19(13)16-9-5-6-10-17(16)20-18;/h2-12H,1H3;1H/q+1;/p-1. The Bertz CT molecular complexity index is 912. The number of aromatic nitrogens is 1. The summed E-state index contributed by atoms with van der Waals surface area (Å²) < 4.78 is 5.37. The van der Waals surface area contributed by atoms with Gasteiger partial charge >= 0.3 is 124 Å². The van der Waals surface area contributed by atoms with E-state index in [0.29, 0.717) is 14.5 Å². The molecule has 3 heteroatoms. The Morgan fingerprint density at radius 2 is 1.52 bits per heavy atom. The van der Waals surface area contributed by atoms with Gasteiger partial charge in [-0.2, -0.15) is 0 Å². The predicted molar refractivity (Wildman–Crippen MR) is 84.2 cm³/mol. The van der Waals surface area contributed by atoms with Crippen LogP contribution in [0.4, 0.5) is 0 Å². The minimum atomic E-state index is 0. The number of para-hydroxylation sites is 1. The summed E-state index contributed by atoms with van der Waals surface area (Å²) in [6, 6.07) is 24.0. The van der Waals surface area contributed by atoms with Gasteiger partial charge in [0.05, 0.1) is 0 Å². The largest absolute Gasteiger partial charge is 1.00 e. The maximum absolute atomic E-state index is 2.43. The molecule has 0 aliphatic rings. The number of pyridine rings is 1. The first-order chi connectivity index (χ1) is 9.84. The minimum absolute atomic E-state index is 0. The van der Waals surface area contributed by atoms with Gasteiger partial charge in [-0.25, -0.2) is 0 Å². The smallest absolute Gasteiger partial charge is 1.00 e. The zero-order valence-corrected chi connectivity index (χ0v) is 14.9. The number of halogens is 1. The summed E-state index contributed by atoms with van der Waals surface area (Å²) in [5.41, 5.74) is 5.35. The SMILES string of the molecule is Cc1ccc(-c2ccccc2)c2[se]c3ccccc3[n+]12.[Br-]. The van der Waals surface area contributed by atoms with E-state index in [-0.39, 0.29) is 17.0 Å². The molecule has 0 atom stereocenters. The van der Waals surface area contributed by atoms with E-state index in [1.807, 2.05) is 0 Å². The van der Waals surface area contributed by atoms with Crippen LogP contribution in [0.15, 0.2) is 66.7 Å². The molecule has 2 heterocycles. The Labute approximate surface area is 140 Å². The van der Waals surface area contributed by atoms with Crippen LogP contribution in [-0.2, 0) is 0 Å². The number of nitrogens with zero attached hydrogens (tertiary/aromatic N) is 1.